The van der Waals surface area contributed by atoms with Gasteiger partial charge in [0.05, 0.1) is 11.4 Å². The molecule has 0 saturated carbocycles. The first kappa shape index (κ1) is 14.3. The molecule has 0 saturated heterocycles. The molecule has 0 fully saturated rings. The van der Waals surface area contributed by atoms with Crippen molar-refractivity contribution in [1.29, 1.82) is 0 Å². The molecule has 1 amide bonds. The molecule has 0 aliphatic carbocycles. The summed E-state index contributed by atoms with van der Waals surface area (Å²) in [6.45, 7) is 1.79. The van der Waals surface area contributed by atoms with Crippen molar-refractivity contribution >= 4 is 17.3 Å². The number of amides is 1. The van der Waals surface area contributed by atoms with Gasteiger partial charge in [0, 0.05) is 32.7 Å². The van der Waals surface area contributed by atoms with Gasteiger partial charge in [-0.25, -0.2) is 0 Å². The Hall–Kier alpha value is -1.75. The zero-order valence-electron chi connectivity index (χ0n) is 11.5. The molecule has 0 spiro atoms. The lowest BCUT2D eigenvalue weighted by Crippen LogP contribution is -2.29. The molecule has 0 heterocycles. The smallest absolute Gasteiger partial charge is 0.251 e. The molecule has 3 N–H and O–H groups in total. The first-order valence-corrected chi connectivity index (χ1v) is 5.93. The van der Waals surface area contributed by atoms with E-state index >= 15 is 0 Å². The van der Waals surface area contributed by atoms with E-state index in [9.17, 15) is 4.79 Å². The molecule has 5 nitrogen and oxygen atoms in total. The summed E-state index contributed by atoms with van der Waals surface area (Å²) >= 11 is 0. The average molecular weight is 250 g/mol. The van der Waals surface area contributed by atoms with Crippen molar-refractivity contribution in [2.45, 2.75) is 0 Å². The van der Waals surface area contributed by atoms with Gasteiger partial charge in [0.25, 0.3) is 5.91 Å². The second kappa shape index (κ2) is 6.26. The molecule has 0 aliphatic heterocycles. The third-order valence-corrected chi connectivity index (χ3v) is 2.81. The topological polar surface area (TPSA) is 61.6 Å². The average Bonchev–Trinajstić information content (AvgIpc) is 2.35. The van der Waals surface area contributed by atoms with E-state index in [4.69, 9.17) is 5.73 Å². The fraction of sp³-hybridized carbons (Fsp3) is 0.462. The van der Waals surface area contributed by atoms with Crippen LogP contribution in [-0.4, -0.2) is 52.1 Å². The van der Waals surface area contributed by atoms with Crippen molar-refractivity contribution in [1.82, 2.24) is 10.2 Å². The molecular weight excluding hydrogens is 228 g/mol. The second-order valence-electron chi connectivity index (χ2n) is 4.58. The van der Waals surface area contributed by atoms with E-state index < -0.39 is 0 Å². The Bertz CT molecular complexity index is 417. The van der Waals surface area contributed by atoms with Gasteiger partial charge in [-0.05, 0) is 32.3 Å². The van der Waals surface area contributed by atoms with Crippen LogP contribution in [-0.2, 0) is 0 Å². The lowest BCUT2D eigenvalue weighted by molar-refractivity contribution is 0.0963. The number of carbonyl (C=O) groups excluding carboxylic acids is 1. The summed E-state index contributed by atoms with van der Waals surface area (Å²) in [5.74, 6) is -0.0998. The van der Waals surface area contributed by atoms with Crippen LogP contribution in [0.4, 0.5) is 11.4 Å². The molecule has 0 radical (unpaired) electrons. The van der Waals surface area contributed by atoms with E-state index in [1.54, 1.807) is 19.2 Å². The minimum Gasteiger partial charge on any atom is -0.397 e. The maximum absolute atomic E-state index is 11.6. The van der Waals surface area contributed by atoms with Crippen molar-refractivity contribution in [3.63, 3.8) is 0 Å². The van der Waals surface area contributed by atoms with E-state index in [1.807, 2.05) is 27.2 Å². The quantitative estimate of drug-likeness (QED) is 0.752. The summed E-state index contributed by atoms with van der Waals surface area (Å²) in [6, 6.07) is 5.33. The zero-order valence-corrected chi connectivity index (χ0v) is 11.5. The number of rotatable bonds is 5. The zero-order chi connectivity index (χ0) is 13.7. The molecule has 0 aliphatic rings. The number of hydrogen-bond donors (Lipinski definition) is 2. The predicted molar refractivity (Wildman–Crippen MR) is 76.1 cm³/mol. The summed E-state index contributed by atoms with van der Waals surface area (Å²) in [5.41, 5.74) is 8.15. The Morgan fingerprint density at radius 1 is 1.28 bits per heavy atom. The Morgan fingerprint density at radius 2 is 1.94 bits per heavy atom. The van der Waals surface area contributed by atoms with Crippen LogP contribution >= 0.6 is 0 Å². The molecule has 1 rings (SSSR count). The number of nitrogens with two attached hydrogens (primary N) is 1. The van der Waals surface area contributed by atoms with Gasteiger partial charge >= 0.3 is 0 Å². The van der Waals surface area contributed by atoms with E-state index in [2.05, 4.69) is 15.1 Å². The molecule has 0 atom stereocenters. The summed E-state index contributed by atoms with van der Waals surface area (Å²) in [5, 5.41) is 2.61. The highest BCUT2D eigenvalue weighted by Gasteiger charge is 2.10. The molecule has 0 aromatic heterocycles. The number of anilines is 2. The van der Waals surface area contributed by atoms with Gasteiger partial charge in [0.1, 0.15) is 0 Å². The Kier molecular flexibility index (Phi) is 4.97. The van der Waals surface area contributed by atoms with Crippen LogP contribution in [0.15, 0.2) is 18.2 Å². The number of nitrogen functional groups attached to an aromatic ring is 1. The Labute approximate surface area is 109 Å². The van der Waals surface area contributed by atoms with E-state index in [-0.39, 0.29) is 5.91 Å². The molecule has 0 bridgehead atoms. The molecule has 1 aromatic rings. The van der Waals surface area contributed by atoms with Crippen LogP contribution in [0.2, 0.25) is 0 Å². The number of hydrogen-bond acceptors (Lipinski definition) is 4. The van der Waals surface area contributed by atoms with Crippen molar-refractivity contribution < 1.29 is 4.79 Å². The first-order chi connectivity index (χ1) is 8.45. The van der Waals surface area contributed by atoms with Gasteiger partial charge in [-0.2, -0.15) is 0 Å². The van der Waals surface area contributed by atoms with E-state index in [0.717, 1.165) is 18.8 Å². The van der Waals surface area contributed by atoms with Crippen LogP contribution in [0.1, 0.15) is 10.4 Å². The summed E-state index contributed by atoms with van der Waals surface area (Å²) in [7, 11) is 7.65. The van der Waals surface area contributed by atoms with Crippen LogP contribution < -0.4 is 16.0 Å². The van der Waals surface area contributed by atoms with Gasteiger partial charge in [0.2, 0.25) is 0 Å². The fourth-order valence-electron chi connectivity index (χ4n) is 1.63. The lowest BCUT2D eigenvalue weighted by atomic mass is 10.1. The van der Waals surface area contributed by atoms with Crippen molar-refractivity contribution in [2.75, 3.05) is 51.9 Å². The van der Waals surface area contributed by atoms with Gasteiger partial charge in [-0.15, -0.1) is 0 Å². The summed E-state index contributed by atoms with van der Waals surface area (Å²) in [4.78, 5) is 15.8. The second-order valence-corrected chi connectivity index (χ2v) is 4.58. The van der Waals surface area contributed by atoms with E-state index in [0.29, 0.717) is 11.3 Å². The fourth-order valence-corrected chi connectivity index (χ4v) is 1.63. The monoisotopic (exact) mass is 250 g/mol. The minimum atomic E-state index is -0.0998. The highest BCUT2D eigenvalue weighted by atomic mass is 16.1. The van der Waals surface area contributed by atoms with E-state index in [1.165, 1.54) is 0 Å². The number of nitrogens with one attached hydrogen (secondary N) is 1. The third kappa shape index (κ3) is 3.63. The molecule has 0 unspecified atom stereocenters. The Balaban J connectivity index is 2.89. The number of nitrogens with zero attached hydrogens (tertiary/aromatic N) is 2. The van der Waals surface area contributed by atoms with Gasteiger partial charge in [-0.3, -0.25) is 4.79 Å². The van der Waals surface area contributed by atoms with Crippen molar-refractivity contribution in [2.24, 2.45) is 0 Å². The standard InChI is InChI=1S/C13H22N4O/c1-15-13(18)10-5-6-11(14)12(9-10)17(4)8-7-16(2)3/h5-6,9H,7-8,14H2,1-4H3,(H,15,18). The van der Waals surface area contributed by atoms with Crippen LogP contribution in [0, 0.1) is 0 Å². The molecule has 1 aromatic carbocycles. The van der Waals surface area contributed by atoms with Crippen molar-refractivity contribution in [3.05, 3.63) is 23.8 Å². The highest BCUT2D eigenvalue weighted by molar-refractivity contribution is 5.96. The van der Waals surface area contributed by atoms with Crippen LogP contribution in [0.25, 0.3) is 0 Å². The lowest BCUT2D eigenvalue weighted by Gasteiger charge is -2.23. The van der Waals surface area contributed by atoms with Crippen LogP contribution in [0.5, 0.6) is 0 Å². The normalized spacial score (nSPS) is 10.5. The third-order valence-electron chi connectivity index (χ3n) is 2.81. The Morgan fingerprint density at radius 3 is 2.50 bits per heavy atom. The number of benzene rings is 1. The first-order valence-electron chi connectivity index (χ1n) is 5.93. The number of carbonyl (C=O) groups is 1. The SMILES string of the molecule is CNC(=O)c1ccc(N)c(N(C)CCN(C)C)c1. The molecular formula is C13H22N4O. The van der Waals surface area contributed by atoms with Gasteiger partial charge in [-0.1, -0.05) is 0 Å². The molecule has 18 heavy (non-hydrogen) atoms. The molecule has 100 valence electrons. The maximum Gasteiger partial charge on any atom is 0.251 e. The predicted octanol–water partition coefficient (Wildman–Crippen LogP) is 0.626. The maximum atomic E-state index is 11.6. The van der Waals surface area contributed by atoms with Crippen molar-refractivity contribution in [3.8, 4) is 0 Å². The van der Waals surface area contributed by atoms with Gasteiger partial charge < -0.3 is 20.9 Å². The number of likely N-dealkylation sites (N-methyl/N-ethyl adjacent to an activating group) is 2. The minimum absolute atomic E-state index is 0.0998. The summed E-state index contributed by atoms with van der Waals surface area (Å²) in [6.07, 6.45) is 0. The van der Waals surface area contributed by atoms with Gasteiger partial charge in [0.15, 0.2) is 0 Å². The summed E-state index contributed by atoms with van der Waals surface area (Å²) < 4.78 is 0. The largest absolute Gasteiger partial charge is 0.397 e. The van der Waals surface area contributed by atoms with Crippen LogP contribution in [0.3, 0.4) is 0 Å². The molecule has 5 heteroatoms. The highest BCUT2D eigenvalue weighted by Crippen LogP contribution is 2.23.